The number of aromatic nitrogens is 3. The highest BCUT2D eigenvalue weighted by molar-refractivity contribution is 5.36. The number of hydrogen-bond acceptors (Lipinski definition) is 4. The van der Waals surface area contributed by atoms with Gasteiger partial charge in [0, 0.05) is 13.1 Å². The van der Waals surface area contributed by atoms with E-state index in [1.54, 1.807) is 10.7 Å². The number of nitrogens with two attached hydrogens (primary N) is 1. The van der Waals surface area contributed by atoms with E-state index in [0.717, 1.165) is 18.7 Å². The van der Waals surface area contributed by atoms with E-state index in [0.29, 0.717) is 18.4 Å². The van der Waals surface area contributed by atoms with Crippen LogP contribution in [0.5, 0.6) is 0 Å². The van der Waals surface area contributed by atoms with Gasteiger partial charge < -0.3 is 10.6 Å². The number of hydrogen-bond donors (Lipinski definition) is 1. The Labute approximate surface area is 110 Å². The number of anilines is 2. The summed E-state index contributed by atoms with van der Waals surface area (Å²) in [6.45, 7) is 2.39. The molecule has 0 amide bonds. The van der Waals surface area contributed by atoms with Crippen molar-refractivity contribution in [1.29, 1.82) is 0 Å². The molecule has 0 unspecified atom stereocenters. The van der Waals surface area contributed by atoms with Crippen molar-refractivity contribution in [2.24, 2.45) is 0 Å². The average Bonchev–Trinajstić information content (AvgIpc) is 3.00. The molecule has 5 nitrogen and oxygen atoms in total. The zero-order chi connectivity index (χ0) is 13.2. The predicted octanol–water partition coefficient (Wildman–Crippen LogP) is 1.65. The molecule has 1 saturated heterocycles. The minimum atomic E-state index is -0.254. The van der Waals surface area contributed by atoms with Gasteiger partial charge in [0.1, 0.15) is 5.82 Å². The van der Waals surface area contributed by atoms with Crippen molar-refractivity contribution in [3.8, 4) is 0 Å². The van der Waals surface area contributed by atoms with Crippen molar-refractivity contribution >= 4 is 11.9 Å². The van der Waals surface area contributed by atoms with Crippen LogP contribution < -0.4 is 10.6 Å². The van der Waals surface area contributed by atoms with Crippen LogP contribution in [0.2, 0.25) is 0 Å². The van der Waals surface area contributed by atoms with Gasteiger partial charge in [0.2, 0.25) is 11.9 Å². The van der Waals surface area contributed by atoms with Gasteiger partial charge in [0.05, 0.1) is 6.54 Å². The first-order chi connectivity index (χ1) is 9.22. The van der Waals surface area contributed by atoms with E-state index in [1.165, 1.54) is 25.0 Å². The molecule has 1 aromatic carbocycles. The molecule has 1 aromatic heterocycles. The number of halogens is 1. The summed E-state index contributed by atoms with van der Waals surface area (Å²) >= 11 is 0. The lowest BCUT2D eigenvalue weighted by Gasteiger charge is -2.10. The third kappa shape index (κ3) is 2.52. The zero-order valence-electron chi connectivity index (χ0n) is 10.6. The second kappa shape index (κ2) is 4.87. The molecule has 0 aliphatic carbocycles. The topological polar surface area (TPSA) is 60.0 Å². The van der Waals surface area contributed by atoms with Crippen LogP contribution in [0.1, 0.15) is 18.4 Å². The second-order valence-corrected chi connectivity index (χ2v) is 4.75. The second-order valence-electron chi connectivity index (χ2n) is 4.75. The quantitative estimate of drug-likeness (QED) is 0.912. The Bertz CT molecular complexity index is 574. The highest BCUT2D eigenvalue weighted by atomic mass is 19.1. The maximum atomic E-state index is 13.1. The summed E-state index contributed by atoms with van der Waals surface area (Å²) in [5, 5.41) is 4.40. The Morgan fingerprint density at radius 1 is 1.26 bits per heavy atom. The summed E-state index contributed by atoms with van der Waals surface area (Å²) in [6, 6.07) is 6.43. The highest BCUT2D eigenvalue weighted by Crippen LogP contribution is 2.18. The van der Waals surface area contributed by atoms with Crippen LogP contribution >= 0.6 is 0 Å². The number of rotatable bonds is 3. The molecule has 2 heterocycles. The smallest absolute Gasteiger partial charge is 0.246 e. The van der Waals surface area contributed by atoms with Crippen molar-refractivity contribution < 1.29 is 4.39 Å². The van der Waals surface area contributed by atoms with Crippen molar-refractivity contribution in [1.82, 2.24) is 14.8 Å². The van der Waals surface area contributed by atoms with Crippen LogP contribution in [0.4, 0.5) is 16.3 Å². The average molecular weight is 261 g/mol. The van der Waals surface area contributed by atoms with Gasteiger partial charge in [0.15, 0.2) is 0 Å². The van der Waals surface area contributed by atoms with Crippen LogP contribution in [-0.4, -0.2) is 27.9 Å². The molecule has 0 atom stereocenters. The molecule has 0 radical (unpaired) electrons. The van der Waals surface area contributed by atoms with Crippen LogP contribution in [0.3, 0.4) is 0 Å². The van der Waals surface area contributed by atoms with E-state index in [2.05, 4.69) is 15.0 Å². The molecule has 0 saturated carbocycles. The van der Waals surface area contributed by atoms with Crippen LogP contribution in [0.25, 0.3) is 0 Å². The van der Waals surface area contributed by atoms with E-state index < -0.39 is 0 Å². The Balaban J connectivity index is 1.81. The van der Waals surface area contributed by atoms with Gasteiger partial charge in [-0.15, -0.1) is 5.10 Å². The number of benzene rings is 1. The molecule has 6 heteroatoms. The Hall–Kier alpha value is -2.11. The van der Waals surface area contributed by atoms with Crippen molar-refractivity contribution in [2.75, 3.05) is 23.7 Å². The SMILES string of the molecule is Nc1nc(N2CCCC2)nn1Cc1cccc(F)c1. The van der Waals surface area contributed by atoms with E-state index in [-0.39, 0.29) is 5.82 Å². The number of nitrogens with zero attached hydrogens (tertiary/aromatic N) is 4. The van der Waals surface area contributed by atoms with Gasteiger partial charge >= 0.3 is 0 Å². The minimum absolute atomic E-state index is 0.254. The summed E-state index contributed by atoms with van der Waals surface area (Å²) in [7, 11) is 0. The third-order valence-electron chi connectivity index (χ3n) is 3.30. The van der Waals surface area contributed by atoms with Crippen molar-refractivity contribution in [3.63, 3.8) is 0 Å². The standard InChI is InChI=1S/C13H16FN5/c14-11-5-3-4-10(8-11)9-19-12(15)16-13(17-19)18-6-1-2-7-18/h3-5,8H,1-2,6-7,9H2,(H2,15,16,17). The van der Waals surface area contributed by atoms with Crippen molar-refractivity contribution in [2.45, 2.75) is 19.4 Å². The van der Waals surface area contributed by atoms with Crippen LogP contribution in [0.15, 0.2) is 24.3 Å². The first-order valence-electron chi connectivity index (χ1n) is 6.42. The van der Waals surface area contributed by atoms with Gasteiger partial charge in [0.25, 0.3) is 0 Å². The fourth-order valence-corrected chi connectivity index (χ4v) is 2.32. The zero-order valence-corrected chi connectivity index (χ0v) is 10.6. The van der Waals surface area contributed by atoms with E-state index in [4.69, 9.17) is 5.73 Å². The maximum Gasteiger partial charge on any atom is 0.246 e. The van der Waals surface area contributed by atoms with Crippen LogP contribution in [0, 0.1) is 5.82 Å². The Morgan fingerprint density at radius 3 is 2.79 bits per heavy atom. The molecule has 1 fully saturated rings. The highest BCUT2D eigenvalue weighted by Gasteiger charge is 2.18. The lowest BCUT2D eigenvalue weighted by Crippen LogP contribution is -2.19. The Kier molecular flexibility index (Phi) is 3.06. The maximum absolute atomic E-state index is 13.1. The van der Waals surface area contributed by atoms with Gasteiger partial charge in [-0.2, -0.15) is 4.98 Å². The van der Waals surface area contributed by atoms with Gasteiger partial charge in [-0.3, -0.25) is 0 Å². The summed E-state index contributed by atoms with van der Waals surface area (Å²) < 4.78 is 14.8. The lowest BCUT2D eigenvalue weighted by atomic mass is 10.2. The molecule has 1 aliphatic heterocycles. The van der Waals surface area contributed by atoms with E-state index in [9.17, 15) is 4.39 Å². The molecule has 3 rings (SSSR count). The first-order valence-corrected chi connectivity index (χ1v) is 6.42. The predicted molar refractivity (Wildman–Crippen MR) is 71.4 cm³/mol. The van der Waals surface area contributed by atoms with Gasteiger partial charge in [-0.25, -0.2) is 9.07 Å². The molecule has 2 aromatic rings. The third-order valence-corrected chi connectivity index (χ3v) is 3.30. The summed E-state index contributed by atoms with van der Waals surface area (Å²) in [5.74, 6) is 0.786. The van der Waals surface area contributed by atoms with Gasteiger partial charge in [-0.05, 0) is 30.5 Å². The van der Waals surface area contributed by atoms with Crippen molar-refractivity contribution in [3.05, 3.63) is 35.6 Å². The molecular formula is C13H16FN5. The Morgan fingerprint density at radius 2 is 2.05 bits per heavy atom. The summed E-state index contributed by atoms with van der Waals surface area (Å²) in [6.07, 6.45) is 2.33. The lowest BCUT2D eigenvalue weighted by molar-refractivity contribution is 0.620. The monoisotopic (exact) mass is 261 g/mol. The fraction of sp³-hybridized carbons (Fsp3) is 0.385. The summed E-state index contributed by atoms with van der Waals surface area (Å²) in [5.41, 5.74) is 6.69. The van der Waals surface area contributed by atoms with E-state index >= 15 is 0 Å². The fourth-order valence-electron chi connectivity index (χ4n) is 2.32. The summed E-state index contributed by atoms with van der Waals surface area (Å²) in [4.78, 5) is 6.40. The molecule has 0 spiro atoms. The normalized spacial score (nSPS) is 15.1. The van der Waals surface area contributed by atoms with Gasteiger partial charge in [-0.1, -0.05) is 12.1 Å². The molecule has 19 heavy (non-hydrogen) atoms. The molecule has 0 bridgehead atoms. The molecule has 1 aliphatic rings. The van der Waals surface area contributed by atoms with E-state index in [1.807, 2.05) is 6.07 Å². The largest absolute Gasteiger partial charge is 0.368 e. The first kappa shape index (κ1) is 12.0. The molecular weight excluding hydrogens is 245 g/mol. The number of nitrogen functional groups attached to an aromatic ring is 1. The molecule has 2 N–H and O–H groups in total. The molecule has 100 valence electrons. The van der Waals surface area contributed by atoms with Crippen LogP contribution in [-0.2, 0) is 6.54 Å². The minimum Gasteiger partial charge on any atom is -0.368 e.